The summed E-state index contributed by atoms with van der Waals surface area (Å²) in [7, 11) is -4.68. The second-order valence-electron chi connectivity index (χ2n) is 4.43. The van der Waals surface area contributed by atoms with E-state index in [4.69, 9.17) is 0 Å². The van der Waals surface area contributed by atoms with Crippen LogP contribution in [-0.2, 0) is 21.4 Å². The van der Waals surface area contributed by atoms with Crippen molar-refractivity contribution >= 4 is 37.7 Å². The Kier molecular flexibility index (Phi) is 3.96. The van der Waals surface area contributed by atoms with E-state index < -0.39 is 15.5 Å². The quantitative estimate of drug-likeness (QED) is 0.787. The molecule has 1 heterocycles. The van der Waals surface area contributed by atoms with Gasteiger partial charge < -0.3 is 4.90 Å². The van der Waals surface area contributed by atoms with Crippen molar-refractivity contribution < 1.29 is 17.1 Å². The summed E-state index contributed by atoms with van der Waals surface area (Å²) in [5, 5.41) is -1.26. The summed E-state index contributed by atoms with van der Waals surface area (Å²) < 4.78 is 35.7. The SMILES string of the molecule is CCc1cc(Br)ccc1N1CC(S(=O)(=O)F)CC1=O. The normalized spacial score (nSPS) is 20.1. The Morgan fingerprint density at radius 2 is 2.16 bits per heavy atom. The molecule has 7 heteroatoms. The van der Waals surface area contributed by atoms with Gasteiger partial charge in [-0.3, -0.25) is 4.79 Å². The fourth-order valence-electron chi connectivity index (χ4n) is 2.20. The largest absolute Gasteiger partial charge is 0.311 e. The van der Waals surface area contributed by atoms with E-state index >= 15 is 0 Å². The monoisotopic (exact) mass is 349 g/mol. The predicted octanol–water partition coefficient (Wildman–Crippen LogP) is 2.42. The first-order valence-electron chi connectivity index (χ1n) is 5.85. The zero-order valence-electron chi connectivity index (χ0n) is 10.3. The topological polar surface area (TPSA) is 54.5 Å². The van der Waals surface area contributed by atoms with Gasteiger partial charge in [0.15, 0.2) is 0 Å². The Bertz CT molecular complexity index is 617. The standard InChI is InChI=1S/C12H13BrFNO3S/c1-2-8-5-9(13)3-4-11(8)15-7-10(6-12(15)16)19(14,17)18/h3-5,10H,2,6-7H2,1H3. The van der Waals surface area contributed by atoms with Crippen molar-refractivity contribution in [2.75, 3.05) is 11.4 Å². The number of nitrogens with zero attached hydrogens (tertiary/aromatic N) is 1. The number of benzene rings is 1. The molecule has 1 unspecified atom stereocenters. The number of carbonyl (C=O) groups excluding carboxylic acids is 1. The number of anilines is 1. The van der Waals surface area contributed by atoms with Crippen molar-refractivity contribution in [3.05, 3.63) is 28.2 Å². The molecule has 0 bridgehead atoms. The minimum Gasteiger partial charge on any atom is -0.311 e. The molecular weight excluding hydrogens is 337 g/mol. The predicted molar refractivity (Wildman–Crippen MR) is 74.3 cm³/mol. The van der Waals surface area contributed by atoms with Gasteiger partial charge in [-0.2, -0.15) is 8.42 Å². The van der Waals surface area contributed by atoms with E-state index in [-0.39, 0.29) is 18.9 Å². The van der Waals surface area contributed by atoms with Gasteiger partial charge in [0.2, 0.25) is 5.91 Å². The van der Waals surface area contributed by atoms with Crippen LogP contribution in [0.5, 0.6) is 0 Å². The zero-order chi connectivity index (χ0) is 14.2. The highest BCUT2D eigenvalue weighted by Crippen LogP contribution is 2.30. The number of halogens is 2. The molecule has 1 amide bonds. The maximum Gasteiger partial charge on any atom is 0.307 e. The van der Waals surface area contributed by atoms with E-state index in [1.165, 1.54) is 4.90 Å². The maximum absolute atomic E-state index is 13.0. The van der Waals surface area contributed by atoms with Gasteiger partial charge in [0.05, 0.1) is 0 Å². The Balaban J connectivity index is 2.36. The summed E-state index contributed by atoms with van der Waals surface area (Å²) >= 11 is 3.35. The maximum atomic E-state index is 13.0. The lowest BCUT2D eigenvalue weighted by atomic mass is 10.1. The third-order valence-corrected chi connectivity index (χ3v) is 4.81. The fraction of sp³-hybridized carbons (Fsp3) is 0.417. The number of aryl methyl sites for hydroxylation is 1. The molecule has 0 aromatic heterocycles. The highest BCUT2D eigenvalue weighted by atomic mass is 79.9. The Morgan fingerprint density at radius 1 is 1.47 bits per heavy atom. The van der Waals surface area contributed by atoms with E-state index in [9.17, 15) is 17.1 Å². The van der Waals surface area contributed by atoms with E-state index in [0.29, 0.717) is 12.1 Å². The first-order valence-corrected chi connectivity index (χ1v) is 8.09. The molecule has 4 nitrogen and oxygen atoms in total. The molecule has 19 heavy (non-hydrogen) atoms. The lowest BCUT2D eigenvalue weighted by Crippen LogP contribution is -2.27. The second kappa shape index (κ2) is 5.20. The van der Waals surface area contributed by atoms with Crippen LogP contribution < -0.4 is 4.90 Å². The van der Waals surface area contributed by atoms with E-state index in [2.05, 4.69) is 15.9 Å². The molecule has 1 aromatic carbocycles. The van der Waals surface area contributed by atoms with Crippen molar-refractivity contribution in [2.24, 2.45) is 0 Å². The lowest BCUT2D eigenvalue weighted by Gasteiger charge is -2.19. The van der Waals surface area contributed by atoms with Gasteiger partial charge in [0.25, 0.3) is 0 Å². The molecule has 1 aliphatic heterocycles. The first kappa shape index (κ1) is 14.5. The molecule has 1 saturated heterocycles. The summed E-state index contributed by atoms with van der Waals surface area (Å²) in [6.45, 7) is 1.82. The van der Waals surface area contributed by atoms with Crippen molar-refractivity contribution in [2.45, 2.75) is 25.0 Å². The van der Waals surface area contributed by atoms with Gasteiger partial charge in [0.1, 0.15) is 5.25 Å². The van der Waals surface area contributed by atoms with Crippen LogP contribution in [0.3, 0.4) is 0 Å². The molecule has 0 saturated carbocycles. The van der Waals surface area contributed by atoms with Crippen molar-refractivity contribution in [3.63, 3.8) is 0 Å². The molecule has 1 atom stereocenters. The van der Waals surface area contributed by atoms with Crippen LogP contribution in [0, 0.1) is 0 Å². The van der Waals surface area contributed by atoms with Gasteiger partial charge in [0, 0.05) is 23.1 Å². The molecule has 0 aliphatic carbocycles. The number of carbonyl (C=O) groups is 1. The average Bonchev–Trinajstić information content (AvgIpc) is 2.71. The number of rotatable bonds is 3. The van der Waals surface area contributed by atoms with Crippen LogP contribution in [0.2, 0.25) is 0 Å². The Hall–Kier alpha value is -0.950. The number of hydrogen-bond acceptors (Lipinski definition) is 3. The highest BCUT2D eigenvalue weighted by molar-refractivity contribution is 9.10. The van der Waals surface area contributed by atoms with Crippen LogP contribution in [0.25, 0.3) is 0 Å². The lowest BCUT2D eigenvalue weighted by molar-refractivity contribution is -0.117. The van der Waals surface area contributed by atoms with Gasteiger partial charge in [-0.25, -0.2) is 0 Å². The molecule has 0 N–H and O–H groups in total. The molecule has 1 aromatic rings. The van der Waals surface area contributed by atoms with Crippen LogP contribution in [0.15, 0.2) is 22.7 Å². The minimum absolute atomic E-state index is 0.119. The summed E-state index contributed by atoms with van der Waals surface area (Å²) in [5.41, 5.74) is 1.57. The summed E-state index contributed by atoms with van der Waals surface area (Å²) in [5.74, 6) is -0.358. The van der Waals surface area contributed by atoms with Crippen LogP contribution >= 0.6 is 15.9 Å². The van der Waals surface area contributed by atoms with Gasteiger partial charge in [-0.15, -0.1) is 3.89 Å². The number of hydrogen-bond donors (Lipinski definition) is 0. The molecule has 104 valence electrons. The van der Waals surface area contributed by atoms with E-state index in [1.54, 1.807) is 12.1 Å². The molecule has 0 spiro atoms. The first-order chi connectivity index (χ1) is 8.82. The Labute approximate surface area is 119 Å². The van der Waals surface area contributed by atoms with Crippen molar-refractivity contribution in [1.82, 2.24) is 0 Å². The molecule has 2 rings (SSSR count). The molecule has 1 fully saturated rings. The van der Waals surface area contributed by atoms with Crippen molar-refractivity contribution in [1.29, 1.82) is 0 Å². The molecular formula is C12H13BrFNO3S. The van der Waals surface area contributed by atoms with Crippen LogP contribution in [0.4, 0.5) is 9.57 Å². The minimum atomic E-state index is -4.68. The highest BCUT2D eigenvalue weighted by Gasteiger charge is 2.39. The third-order valence-electron chi connectivity index (χ3n) is 3.20. The molecule has 1 aliphatic rings. The average molecular weight is 350 g/mol. The van der Waals surface area contributed by atoms with E-state index in [0.717, 1.165) is 10.0 Å². The summed E-state index contributed by atoms with van der Waals surface area (Å²) in [6.07, 6.45) is 0.406. The van der Waals surface area contributed by atoms with Crippen LogP contribution in [0.1, 0.15) is 18.9 Å². The smallest absolute Gasteiger partial charge is 0.307 e. The number of amides is 1. The van der Waals surface area contributed by atoms with Gasteiger partial charge >= 0.3 is 10.2 Å². The zero-order valence-corrected chi connectivity index (χ0v) is 12.7. The molecule has 0 radical (unpaired) electrons. The Morgan fingerprint density at radius 3 is 2.68 bits per heavy atom. The third kappa shape index (κ3) is 2.97. The van der Waals surface area contributed by atoms with E-state index in [1.807, 2.05) is 13.0 Å². The van der Waals surface area contributed by atoms with Crippen molar-refractivity contribution in [3.8, 4) is 0 Å². The van der Waals surface area contributed by atoms with Gasteiger partial charge in [-0.1, -0.05) is 22.9 Å². The second-order valence-corrected chi connectivity index (χ2v) is 6.97. The van der Waals surface area contributed by atoms with Gasteiger partial charge in [-0.05, 0) is 30.2 Å². The van der Waals surface area contributed by atoms with Crippen LogP contribution in [-0.4, -0.2) is 26.1 Å². The fourth-order valence-corrected chi connectivity index (χ4v) is 3.27. The summed E-state index contributed by atoms with van der Waals surface area (Å²) in [4.78, 5) is 13.2. The summed E-state index contributed by atoms with van der Waals surface area (Å²) in [6, 6.07) is 5.40.